The van der Waals surface area contributed by atoms with E-state index in [1.54, 1.807) is 24.3 Å². The van der Waals surface area contributed by atoms with Crippen molar-refractivity contribution in [1.82, 2.24) is 10.2 Å². The minimum Gasteiger partial charge on any atom is -0.506 e. The summed E-state index contributed by atoms with van der Waals surface area (Å²) >= 11 is 4.07. The van der Waals surface area contributed by atoms with Gasteiger partial charge in [0, 0.05) is 36.8 Å². The highest BCUT2D eigenvalue weighted by molar-refractivity contribution is 14.1. The molecule has 2 aromatic carbocycles. The second-order valence-corrected chi connectivity index (χ2v) is 10.6. The van der Waals surface area contributed by atoms with Crippen molar-refractivity contribution in [3.05, 3.63) is 54.7 Å². The molecule has 4 rings (SSSR count). The van der Waals surface area contributed by atoms with Crippen molar-refractivity contribution in [2.45, 2.75) is 31.3 Å². The van der Waals surface area contributed by atoms with Gasteiger partial charge >= 0.3 is 0 Å². The molecule has 8 nitrogen and oxygen atoms in total. The van der Waals surface area contributed by atoms with E-state index >= 15 is 0 Å². The molecule has 1 saturated heterocycles. The Hall–Kier alpha value is -2.11. The molecule has 2 aliphatic rings. The number of benzene rings is 2. The van der Waals surface area contributed by atoms with Gasteiger partial charge in [0.1, 0.15) is 11.8 Å². The van der Waals surface area contributed by atoms with Crippen LogP contribution < -0.4 is 10.2 Å². The van der Waals surface area contributed by atoms with Crippen molar-refractivity contribution in [3.63, 3.8) is 0 Å². The number of amides is 2. The number of carbonyl (C=O) groups excluding carboxylic acids is 2. The van der Waals surface area contributed by atoms with Gasteiger partial charge in [0.2, 0.25) is 0 Å². The Morgan fingerprint density at radius 2 is 1.79 bits per heavy atom. The third kappa shape index (κ3) is 5.92. The smallest absolute Gasteiger partial charge is 0.258 e. The SMILES string of the molecule is N#CN(C(=O)[C@H](Cc1cc(I)c(O)c(I)c1)NC(=O)c1ccc(N2CCOCC2)cc1)C1CC1. The summed E-state index contributed by atoms with van der Waals surface area (Å²) < 4.78 is 6.71. The zero-order valence-corrected chi connectivity index (χ0v) is 22.7. The quantitative estimate of drug-likeness (QED) is 0.264. The number of halogens is 2. The standard InChI is InChI=1S/C24H24I2N4O4/c25-19-11-15(12-20(26)22(19)31)13-21(24(33)30(14-27)18-5-6-18)28-23(32)16-1-3-17(4-2-16)29-7-9-34-10-8-29/h1-4,11-12,18,21,31H,5-10,13H2,(H,28,32)/t21-/m0/s1. The van der Waals surface area contributed by atoms with Gasteiger partial charge in [-0.15, -0.1) is 0 Å². The lowest BCUT2D eigenvalue weighted by Crippen LogP contribution is -2.49. The molecule has 10 heteroatoms. The maximum Gasteiger partial charge on any atom is 0.258 e. The molecule has 2 N–H and O–H groups in total. The van der Waals surface area contributed by atoms with Gasteiger partial charge in [-0.25, -0.2) is 4.90 Å². The van der Waals surface area contributed by atoms with Crippen LogP contribution in [-0.2, 0) is 16.0 Å². The molecule has 0 bridgehead atoms. The summed E-state index contributed by atoms with van der Waals surface area (Å²) in [6.45, 7) is 2.96. The number of phenolic OH excluding ortho intramolecular Hbond substituents is 1. The number of ether oxygens (including phenoxy) is 1. The van der Waals surface area contributed by atoms with Gasteiger partial charge < -0.3 is 20.1 Å². The van der Waals surface area contributed by atoms with Crippen molar-refractivity contribution in [3.8, 4) is 11.9 Å². The number of anilines is 1. The second kappa shape index (κ2) is 11.1. The topological polar surface area (TPSA) is 106 Å². The van der Waals surface area contributed by atoms with Crippen LogP contribution in [0.25, 0.3) is 0 Å². The van der Waals surface area contributed by atoms with Crippen LogP contribution in [0.15, 0.2) is 36.4 Å². The van der Waals surface area contributed by atoms with Crippen LogP contribution in [-0.4, -0.2) is 60.2 Å². The van der Waals surface area contributed by atoms with E-state index < -0.39 is 11.9 Å². The molecule has 0 aromatic heterocycles. The summed E-state index contributed by atoms with van der Waals surface area (Å²) in [7, 11) is 0. The maximum atomic E-state index is 13.2. The van der Waals surface area contributed by atoms with E-state index in [1.807, 2.05) is 63.5 Å². The fraction of sp³-hybridized carbons (Fsp3) is 0.375. The molecule has 1 aliphatic carbocycles. The van der Waals surface area contributed by atoms with Gasteiger partial charge in [-0.1, -0.05) is 0 Å². The predicted molar refractivity (Wildman–Crippen MR) is 143 cm³/mol. The zero-order chi connectivity index (χ0) is 24.2. The van der Waals surface area contributed by atoms with Crippen LogP contribution in [0.1, 0.15) is 28.8 Å². The van der Waals surface area contributed by atoms with Crippen molar-refractivity contribution >= 4 is 62.7 Å². The summed E-state index contributed by atoms with van der Waals surface area (Å²) in [4.78, 5) is 29.7. The molecular formula is C24H24I2N4O4. The normalized spacial score (nSPS) is 16.4. The van der Waals surface area contributed by atoms with E-state index in [9.17, 15) is 20.0 Å². The van der Waals surface area contributed by atoms with Crippen molar-refractivity contribution in [2.75, 3.05) is 31.2 Å². The highest BCUT2D eigenvalue weighted by Crippen LogP contribution is 2.29. The number of rotatable bonds is 7. The first kappa shape index (κ1) is 25.0. The fourth-order valence-corrected chi connectivity index (χ4v) is 5.77. The van der Waals surface area contributed by atoms with E-state index in [-0.39, 0.29) is 24.1 Å². The fourth-order valence-electron chi connectivity index (χ4n) is 3.87. The van der Waals surface area contributed by atoms with Crippen molar-refractivity contribution in [2.24, 2.45) is 0 Å². The first-order chi connectivity index (χ1) is 16.4. The number of aromatic hydroxyl groups is 1. The Morgan fingerprint density at radius 3 is 2.35 bits per heavy atom. The number of carbonyl (C=O) groups is 2. The lowest BCUT2D eigenvalue weighted by atomic mass is 10.0. The van der Waals surface area contributed by atoms with Gasteiger partial charge in [0.15, 0.2) is 6.19 Å². The van der Waals surface area contributed by atoms with Crippen LogP contribution in [0.3, 0.4) is 0 Å². The van der Waals surface area contributed by atoms with Crippen LogP contribution in [0.4, 0.5) is 5.69 Å². The Morgan fingerprint density at radius 1 is 1.18 bits per heavy atom. The molecule has 0 spiro atoms. The lowest BCUT2D eigenvalue weighted by Gasteiger charge is -2.29. The van der Waals surface area contributed by atoms with E-state index in [1.165, 1.54) is 4.90 Å². The van der Waals surface area contributed by atoms with Gasteiger partial charge in [0.05, 0.1) is 20.4 Å². The summed E-state index contributed by atoms with van der Waals surface area (Å²) in [6.07, 6.45) is 3.79. The third-order valence-corrected chi connectivity index (χ3v) is 7.53. The molecule has 0 unspecified atom stereocenters. The molecule has 0 radical (unpaired) electrons. The minimum atomic E-state index is -0.900. The zero-order valence-electron chi connectivity index (χ0n) is 18.3. The highest BCUT2D eigenvalue weighted by atomic mass is 127. The maximum absolute atomic E-state index is 13.2. The minimum absolute atomic E-state index is 0.0928. The average Bonchev–Trinajstić information content (AvgIpc) is 3.68. The molecule has 2 aromatic rings. The molecule has 2 amide bonds. The van der Waals surface area contributed by atoms with Crippen molar-refractivity contribution in [1.29, 1.82) is 5.26 Å². The second-order valence-electron chi connectivity index (χ2n) is 8.32. The lowest BCUT2D eigenvalue weighted by molar-refractivity contribution is -0.130. The molecule has 2 fully saturated rings. The van der Waals surface area contributed by atoms with Crippen LogP contribution in [0, 0.1) is 18.6 Å². The summed E-state index contributed by atoms with van der Waals surface area (Å²) in [5.41, 5.74) is 2.26. The molecule has 178 valence electrons. The number of hydrogen-bond acceptors (Lipinski definition) is 6. The number of nitrogens with one attached hydrogen (secondary N) is 1. The van der Waals surface area contributed by atoms with Gasteiger partial charge in [-0.2, -0.15) is 5.26 Å². The van der Waals surface area contributed by atoms with E-state index in [0.717, 1.165) is 37.2 Å². The predicted octanol–water partition coefficient (Wildman–Crippen LogP) is 3.25. The Balaban J connectivity index is 1.53. The molecule has 1 atom stereocenters. The first-order valence-corrected chi connectivity index (χ1v) is 13.2. The Kier molecular flexibility index (Phi) is 8.15. The van der Waals surface area contributed by atoms with E-state index in [0.29, 0.717) is 25.9 Å². The first-order valence-electron chi connectivity index (χ1n) is 11.0. The van der Waals surface area contributed by atoms with E-state index in [2.05, 4.69) is 10.2 Å². The number of nitrogens with zero attached hydrogens (tertiary/aromatic N) is 3. The van der Waals surface area contributed by atoms with Gasteiger partial charge in [-0.3, -0.25) is 9.59 Å². The molecule has 1 saturated carbocycles. The van der Waals surface area contributed by atoms with Crippen LogP contribution in [0.2, 0.25) is 0 Å². The van der Waals surface area contributed by atoms with Crippen molar-refractivity contribution < 1.29 is 19.4 Å². The van der Waals surface area contributed by atoms with Gasteiger partial charge in [0.25, 0.3) is 11.8 Å². The summed E-state index contributed by atoms with van der Waals surface area (Å²) in [6, 6.07) is 9.87. The molecule has 1 aliphatic heterocycles. The number of hydrogen-bond donors (Lipinski definition) is 2. The summed E-state index contributed by atoms with van der Waals surface area (Å²) in [5, 5.41) is 22.5. The monoisotopic (exact) mass is 686 g/mol. The van der Waals surface area contributed by atoms with Gasteiger partial charge in [-0.05, 0) is 100.0 Å². The average molecular weight is 686 g/mol. The largest absolute Gasteiger partial charge is 0.506 e. The van der Waals surface area contributed by atoms with Crippen LogP contribution >= 0.6 is 45.2 Å². The van der Waals surface area contributed by atoms with E-state index in [4.69, 9.17) is 4.74 Å². The number of nitriles is 1. The molecule has 1 heterocycles. The van der Waals surface area contributed by atoms with Crippen LogP contribution in [0.5, 0.6) is 5.75 Å². The third-order valence-electron chi connectivity index (χ3n) is 5.88. The molecular weight excluding hydrogens is 662 g/mol. The molecule has 34 heavy (non-hydrogen) atoms. The highest BCUT2D eigenvalue weighted by Gasteiger charge is 2.37. The summed E-state index contributed by atoms with van der Waals surface area (Å²) in [5.74, 6) is -0.598. The number of morpholine rings is 1. The Labute approximate surface area is 225 Å². The number of phenols is 1. The Bertz CT molecular complexity index is 1090.